The fourth-order valence-electron chi connectivity index (χ4n) is 1.70. The molecule has 2 heterocycles. The summed E-state index contributed by atoms with van der Waals surface area (Å²) in [6.45, 7) is 1.97. The second-order valence-corrected chi connectivity index (χ2v) is 3.97. The summed E-state index contributed by atoms with van der Waals surface area (Å²) in [5, 5.41) is 11.2. The Morgan fingerprint density at radius 2 is 2.33 bits per heavy atom. The summed E-state index contributed by atoms with van der Waals surface area (Å²) in [4.78, 5) is 26.5. The van der Waals surface area contributed by atoms with Gasteiger partial charge in [0.1, 0.15) is 5.65 Å². The minimum atomic E-state index is -0.941. The van der Waals surface area contributed by atoms with Gasteiger partial charge in [-0.25, -0.2) is 4.98 Å². The molecule has 2 rings (SSSR count). The summed E-state index contributed by atoms with van der Waals surface area (Å²) >= 11 is 0. The Morgan fingerprint density at radius 1 is 1.56 bits per heavy atom. The minimum absolute atomic E-state index is 0.158. The highest BCUT2D eigenvalue weighted by atomic mass is 16.4. The number of rotatable bonds is 4. The molecule has 18 heavy (non-hydrogen) atoms. The summed E-state index contributed by atoms with van der Waals surface area (Å²) in [5.41, 5.74) is 1.86. The monoisotopic (exact) mass is 247 g/mol. The van der Waals surface area contributed by atoms with E-state index in [-0.39, 0.29) is 18.6 Å². The van der Waals surface area contributed by atoms with E-state index in [9.17, 15) is 9.59 Å². The molecule has 94 valence electrons. The van der Waals surface area contributed by atoms with Gasteiger partial charge in [-0.2, -0.15) is 0 Å². The van der Waals surface area contributed by atoms with E-state index in [1.165, 1.54) is 10.5 Å². The number of fused-ring (bicyclic) bond motifs is 1. The number of hydrogen-bond acceptors (Lipinski definition) is 4. The largest absolute Gasteiger partial charge is 0.480 e. The first-order chi connectivity index (χ1) is 8.58. The lowest BCUT2D eigenvalue weighted by Gasteiger charge is -2.06. The Balaban J connectivity index is 2.33. The molecule has 6 heteroatoms. The van der Waals surface area contributed by atoms with Gasteiger partial charge in [0.05, 0.1) is 12.2 Å². The van der Waals surface area contributed by atoms with E-state index in [0.717, 1.165) is 5.56 Å². The highest BCUT2D eigenvalue weighted by Crippen LogP contribution is 2.05. The van der Waals surface area contributed by atoms with Crippen LogP contribution in [0.25, 0.3) is 5.65 Å². The summed E-state index contributed by atoms with van der Waals surface area (Å²) in [7, 11) is 0. The molecule has 0 spiro atoms. The topological polar surface area (TPSA) is 83.7 Å². The Labute approximate surface area is 103 Å². The lowest BCUT2D eigenvalue weighted by Crippen LogP contribution is -2.24. The van der Waals surface area contributed by atoms with Crippen LogP contribution in [-0.4, -0.2) is 27.0 Å². The number of nitrogens with zero attached hydrogens (tertiary/aromatic N) is 2. The van der Waals surface area contributed by atoms with Crippen molar-refractivity contribution in [2.24, 2.45) is 0 Å². The SMILES string of the molecule is Cc1cccn2c(=O)cc(CNCC(=O)O)nc12. The minimum Gasteiger partial charge on any atom is -0.480 e. The zero-order valence-electron chi connectivity index (χ0n) is 9.88. The van der Waals surface area contributed by atoms with Crippen molar-refractivity contribution in [1.82, 2.24) is 14.7 Å². The maximum atomic E-state index is 11.8. The van der Waals surface area contributed by atoms with E-state index in [4.69, 9.17) is 5.11 Å². The molecule has 0 aliphatic rings. The average Bonchev–Trinajstić information content (AvgIpc) is 2.30. The molecule has 0 amide bonds. The second kappa shape index (κ2) is 4.97. The summed E-state index contributed by atoms with van der Waals surface area (Å²) in [6, 6.07) is 5.06. The number of aliphatic carboxylic acids is 1. The fraction of sp³-hybridized carbons (Fsp3) is 0.250. The van der Waals surface area contributed by atoms with Crippen molar-refractivity contribution >= 4 is 11.6 Å². The lowest BCUT2D eigenvalue weighted by atomic mass is 10.3. The average molecular weight is 247 g/mol. The fourth-order valence-corrected chi connectivity index (χ4v) is 1.70. The van der Waals surface area contributed by atoms with Gasteiger partial charge in [0, 0.05) is 18.8 Å². The van der Waals surface area contributed by atoms with Crippen molar-refractivity contribution in [3.05, 3.63) is 46.0 Å². The third kappa shape index (κ3) is 2.54. The van der Waals surface area contributed by atoms with Crippen LogP contribution >= 0.6 is 0 Å². The molecule has 0 fully saturated rings. The molecule has 0 unspecified atom stereocenters. The van der Waals surface area contributed by atoms with E-state index in [0.29, 0.717) is 11.3 Å². The highest BCUT2D eigenvalue weighted by Gasteiger charge is 2.04. The number of carbonyl (C=O) groups is 1. The van der Waals surface area contributed by atoms with Crippen LogP contribution in [0.2, 0.25) is 0 Å². The smallest absolute Gasteiger partial charge is 0.317 e. The first-order valence-electron chi connectivity index (χ1n) is 5.48. The van der Waals surface area contributed by atoms with Crippen LogP contribution in [0.15, 0.2) is 29.2 Å². The van der Waals surface area contributed by atoms with Gasteiger partial charge in [0.25, 0.3) is 5.56 Å². The maximum Gasteiger partial charge on any atom is 0.317 e. The highest BCUT2D eigenvalue weighted by molar-refractivity contribution is 5.68. The van der Waals surface area contributed by atoms with Crippen molar-refractivity contribution in [3.8, 4) is 0 Å². The van der Waals surface area contributed by atoms with Crippen LogP contribution < -0.4 is 10.9 Å². The molecule has 0 atom stereocenters. The number of hydrogen-bond donors (Lipinski definition) is 2. The number of nitrogens with one attached hydrogen (secondary N) is 1. The van der Waals surface area contributed by atoms with Crippen molar-refractivity contribution in [3.63, 3.8) is 0 Å². The normalized spacial score (nSPS) is 10.7. The molecule has 2 aromatic heterocycles. The quantitative estimate of drug-likeness (QED) is 0.805. The molecule has 0 saturated heterocycles. The van der Waals surface area contributed by atoms with Gasteiger partial charge in [-0.3, -0.25) is 14.0 Å². The standard InChI is InChI=1S/C12H13N3O3/c1-8-3-2-4-15-10(16)5-9(14-12(8)15)6-13-7-11(17)18/h2-5,13H,6-7H2,1H3,(H,17,18). The van der Waals surface area contributed by atoms with E-state index >= 15 is 0 Å². The first kappa shape index (κ1) is 12.3. The number of carboxylic acid groups (broad SMARTS) is 1. The third-order valence-electron chi connectivity index (χ3n) is 2.52. The van der Waals surface area contributed by atoms with E-state index < -0.39 is 5.97 Å². The van der Waals surface area contributed by atoms with Gasteiger partial charge >= 0.3 is 5.97 Å². The van der Waals surface area contributed by atoms with Crippen LogP contribution in [0.4, 0.5) is 0 Å². The number of carboxylic acids is 1. The van der Waals surface area contributed by atoms with Crippen LogP contribution in [-0.2, 0) is 11.3 Å². The zero-order valence-corrected chi connectivity index (χ0v) is 9.88. The molecule has 0 bridgehead atoms. The van der Waals surface area contributed by atoms with Crippen LogP contribution in [0, 0.1) is 6.92 Å². The Bertz CT molecular complexity index is 649. The molecular formula is C12H13N3O3. The number of aromatic nitrogens is 2. The molecule has 6 nitrogen and oxygen atoms in total. The zero-order chi connectivity index (χ0) is 13.1. The molecule has 0 aromatic carbocycles. The van der Waals surface area contributed by atoms with Crippen LogP contribution in [0.1, 0.15) is 11.3 Å². The number of pyridine rings is 1. The van der Waals surface area contributed by atoms with E-state index in [2.05, 4.69) is 10.3 Å². The van der Waals surface area contributed by atoms with Crippen molar-refractivity contribution < 1.29 is 9.90 Å². The summed E-state index contributed by atoms with van der Waals surface area (Å²) < 4.78 is 1.47. The molecule has 0 aliphatic heterocycles. The second-order valence-electron chi connectivity index (χ2n) is 3.97. The van der Waals surface area contributed by atoms with Gasteiger partial charge in [-0.15, -0.1) is 0 Å². The van der Waals surface area contributed by atoms with Crippen LogP contribution in [0.3, 0.4) is 0 Å². The van der Waals surface area contributed by atoms with Crippen molar-refractivity contribution in [2.45, 2.75) is 13.5 Å². The number of aryl methyl sites for hydroxylation is 1. The van der Waals surface area contributed by atoms with Gasteiger partial charge in [0.15, 0.2) is 0 Å². The Morgan fingerprint density at radius 3 is 3.06 bits per heavy atom. The first-order valence-corrected chi connectivity index (χ1v) is 5.48. The molecule has 2 N–H and O–H groups in total. The molecule has 0 aliphatic carbocycles. The van der Waals surface area contributed by atoms with Crippen molar-refractivity contribution in [2.75, 3.05) is 6.54 Å². The van der Waals surface area contributed by atoms with Crippen molar-refractivity contribution in [1.29, 1.82) is 0 Å². The molecule has 2 aromatic rings. The van der Waals surface area contributed by atoms with Gasteiger partial charge in [0.2, 0.25) is 0 Å². The Kier molecular flexibility index (Phi) is 3.38. The predicted molar refractivity (Wildman–Crippen MR) is 65.5 cm³/mol. The molecule has 0 radical (unpaired) electrons. The van der Waals surface area contributed by atoms with E-state index in [1.807, 2.05) is 13.0 Å². The van der Waals surface area contributed by atoms with Gasteiger partial charge in [-0.1, -0.05) is 6.07 Å². The lowest BCUT2D eigenvalue weighted by molar-refractivity contribution is -0.135. The van der Waals surface area contributed by atoms with E-state index in [1.54, 1.807) is 12.3 Å². The molecular weight excluding hydrogens is 234 g/mol. The predicted octanol–water partition coefficient (Wildman–Crippen LogP) is 0.177. The Hall–Kier alpha value is -2.21. The summed E-state index contributed by atoms with van der Waals surface area (Å²) in [6.07, 6.45) is 1.66. The molecule has 0 saturated carbocycles. The summed E-state index contributed by atoms with van der Waals surface area (Å²) in [5.74, 6) is -0.941. The van der Waals surface area contributed by atoms with Gasteiger partial charge in [-0.05, 0) is 18.6 Å². The third-order valence-corrected chi connectivity index (χ3v) is 2.52. The maximum absolute atomic E-state index is 11.8. The van der Waals surface area contributed by atoms with Crippen LogP contribution in [0.5, 0.6) is 0 Å². The van der Waals surface area contributed by atoms with Gasteiger partial charge < -0.3 is 10.4 Å².